The summed E-state index contributed by atoms with van der Waals surface area (Å²) < 4.78 is 40.5. The minimum Gasteiger partial charge on any atom is -0.368 e. The van der Waals surface area contributed by atoms with Crippen LogP contribution in [0.25, 0.3) is 0 Å². The Hall–Kier alpha value is -2.28. The molecule has 1 aliphatic rings. The number of hydrogen-bond donors (Lipinski definition) is 1. The van der Waals surface area contributed by atoms with Gasteiger partial charge in [-0.1, -0.05) is 25.5 Å². The SMILES string of the molecule is CCCCS(=O)(=O)Nc1ccc(N2CCN(c3ccccc3F)CC2)cc1. The van der Waals surface area contributed by atoms with Crippen LogP contribution in [0.5, 0.6) is 0 Å². The molecule has 0 saturated carbocycles. The number of nitrogens with one attached hydrogen (secondary N) is 1. The van der Waals surface area contributed by atoms with Gasteiger partial charge in [0, 0.05) is 37.6 Å². The number of rotatable bonds is 7. The summed E-state index contributed by atoms with van der Waals surface area (Å²) in [6.07, 6.45) is 1.50. The zero-order valence-corrected chi connectivity index (χ0v) is 16.4. The van der Waals surface area contributed by atoms with Crippen LogP contribution in [0.3, 0.4) is 0 Å². The largest absolute Gasteiger partial charge is 0.368 e. The van der Waals surface area contributed by atoms with Crippen LogP contribution in [-0.4, -0.2) is 40.3 Å². The molecule has 2 aromatic carbocycles. The summed E-state index contributed by atoms with van der Waals surface area (Å²) in [4.78, 5) is 4.29. The second-order valence-electron chi connectivity index (χ2n) is 6.75. The molecule has 5 nitrogen and oxygen atoms in total. The monoisotopic (exact) mass is 391 g/mol. The molecule has 27 heavy (non-hydrogen) atoms. The molecule has 146 valence electrons. The summed E-state index contributed by atoms with van der Waals surface area (Å²) in [5.41, 5.74) is 2.27. The van der Waals surface area contributed by atoms with E-state index in [1.165, 1.54) is 6.07 Å². The van der Waals surface area contributed by atoms with Gasteiger partial charge in [0.15, 0.2) is 0 Å². The summed E-state index contributed by atoms with van der Waals surface area (Å²) in [6, 6.07) is 14.3. The van der Waals surface area contributed by atoms with Crippen LogP contribution in [0.2, 0.25) is 0 Å². The van der Waals surface area contributed by atoms with E-state index in [4.69, 9.17) is 0 Å². The van der Waals surface area contributed by atoms with Gasteiger partial charge in [0.2, 0.25) is 10.0 Å². The van der Waals surface area contributed by atoms with E-state index in [0.29, 0.717) is 17.8 Å². The van der Waals surface area contributed by atoms with Crippen LogP contribution < -0.4 is 14.5 Å². The van der Waals surface area contributed by atoms with Gasteiger partial charge in [-0.15, -0.1) is 0 Å². The number of para-hydroxylation sites is 1. The molecule has 2 aromatic rings. The Morgan fingerprint density at radius 2 is 1.59 bits per heavy atom. The van der Waals surface area contributed by atoms with Crippen LogP contribution >= 0.6 is 0 Å². The fraction of sp³-hybridized carbons (Fsp3) is 0.400. The van der Waals surface area contributed by atoms with Crippen LogP contribution in [0.15, 0.2) is 48.5 Å². The summed E-state index contributed by atoms with van der Waals surface area (Å²) in [5.74, 6) is -0.0471. The van der Waals surface area contributed by atoms with E-state index >= 15 is 0 Å². The number of hydrogen-bond acceptors (Lipinski definition) is 4. The van der Waals surface area contributed by atoms with Gasteiger partial charge >= 0.3 is 0 Å². The number of sulfonamides is 1. The van der Waals surface area contributed by atoms with Gasteiger partial charge in [-0.05, 0) is 42.8 Å². The van der Waals surface area contributed by atoms with Gasteiger partial charge < -0.3 is 9.80 Å². The molecule has 0 atom stereocenters. The third-order valence-electron chi connectivity index (χ3n) is 4.75. The van der Waals surface area contributed by atoms with Crippen molar-refractivity contribution in [2.45, 2.75) is 19.8 Å². The molecule has 1 fully saturated rings. The molecule has 0 spiro atoms. The molecule has 0 amide bonds. The van der Waals surface area contributed by atoms with E-state index in [9.17, 15) is 12.8 Å². The molecular formula is C20H26FN3O2S. The molecular weight excluding hydrogens is 365 g/mol. The van der Waals surface area contributed by atoms with Crippen molar-refractivity contribution in [3.8, 4) is 0 Å². The van der Waals surface area contributed by atoms with Crippen molar-refractivity contribution in [3.05, 3.63) is 54.3 Å². The summed E-state index contributed by atoms with van der Waals surface area (Å²) in [6.45, 7) is 5.03. The van der Waals surface area contributed by atoms with E-state index in [0.717, 1.165) is 38.3 Å². The van der Waals surface area contributed by atoms with Crippen molar-refractivity contribution in [3.63, 3.8) is 0 Å². The number of benzene rings is 2. The van der Waals surface area contributed by atoms with Gasteiger partial charge in [0.1, 0.15) is 5.82 Å². The molecule has 0 bridgehead atoms. The number of halogens is 1. The van der Waals surface area contributed by atoms with Crippen LogP contribution in [0.4, 0.5) is 21.5 Å². The van der Waals surface area contributed by atoms with Crippen molar-refractivity contribution in [2.24, 2.45) is 0 Å². The van der Waals surface area contributed by atoms with Crippen molar-refractivity contribution in [1.82, 2.24) is 0 Å². The van der Waals surface area contributed by atoms with Crippen molar-refractivity contribution in [2.75, 3.05) is 46.5 Å². The lowest BCUT2D eigenvalue weighted by Gasteiger charge is -2.37. The molecule has 1 N–H and O–H groups in total. The first kappa shape index (κ1) is 19.5. The van der Waals surface area contributed by atoms with E-state index in [2.05, 4.69) is 14.5 Å². The second kappa shape index (κ2) is 8.61. The Kier molecular flexibility index (Phi) is 6.21. The lowest BCUT2D eigenvalue weighted by atomic mass is 10.2. The maximum absolute atomic E-state index is 13.9. The van der Waals surface area contributed by atoms with Crippen molar-refractivity contribution in [1.29, 1.82) is 0 Å². The zero-order valence-electron chi connectivity index (χ0n) is 15.6. The predicted molar refractivity (Wildman–Crippen MR) is 110 cm³/mol. The Bertz CT molecular complexity index is 848. The standard InChI is InChI=1S/C20H26FN3O2S/c1-2-3-16-27(25,26)22-17-8-10-18(11-9-17)23-12-14-24(15-13-23)20-7-5-4-6-19(20)21/h4-11,22H,2-3,12-16H2,1H3. The molecule has 0 radical (unpaired) electrons. The van der Waals surface area contributed by atoms with Crippen LogP contribution in [0.1, 0.15) is 19.8 Å². The topological polar surface area (TPSA) is 52.7 Å². The Balaban J connectivity index is 1.58. The Morgan fingerprint density at radius 1 is 0.963 bits per heavy atom. The fourth-order valence-electron chi connectivity index (χ4n) is 3.22. The first-order valence-corrected chi connectivity index (χ1v) is 11.0. The number of anilines is 3. The van der Waals surface area contributed by atoms with Gasteiger partial charge in [-0.3, -0.25) is 4.72 Å². The lowest BCUT2D eigenvalue weighted by molar-refractivity contribution is 0.597. The minimum atomic E-state index is -3.28. The average Bonchev–Trinajstić information content (AvgIpc) is 2.67. The fourth-order valence-corrected chi connectivity index (χ4v) is 4.48. The highest BCUT2D eigenvalue weighted by Crippen LogP contribution is 2.24. The van der Waals surface area contributed by atoms with Crippen molar-refractivity contribution >= 4 is 27.1 Å². The first-order chi connectivity index (χ1) is 13.0. The Labute approximate surface area is 160 Å². The van der Waals surface area contributed by atoms with Gasteiger partial charge in [0.25, 0.3) is 0 Å². The van der Waals surface area contributed by atoms with E-state index in [1.54, 1.807) is 18.2 Å². The molecule has 1 saturated heterocycles. The quantitative estimate of drug-likeness (QED) is 0.782. The summed E-state index contributed by atoms with van der Waals surface area (Å²) in [7, 11) is -3.28. The van der Waals surface area contributed by atoms with E-state index in [1.807, 2.05) is 31.2 Å². The molecule has 0 aliphatic carbocycles. The maximum atomic E-state index is 13.9. The lowest BCUT2D eigenvalue weighted by Crippen LogP contribution is -2.46. The molecule has 3 rings (SSSR count). The maximum Gasteiger partial charge on any atom is 0.232 e. The third-order valence-corrected chi connectivity index (χ3v) is 6.12. The van der Waals surface area contributed by atoms with Crippen molar-refractivity contribution < 1.29 is 12.8 Å². The third kappa shape index (κ3) is 5.13. The molecule has 0 unspecified atom stereocenters. The summed E-state index contributed by atoms with van der Waals surface area (Å²) >= 11 is 0. The molecule has 1 aliphatic heterocycles. The zero-order chi connectivity index (χ0) is 19.3. The Morgan fingerprint density at radius 3 is 2.22 bits per heavy atom. The number of nitrogens with zero attached hydrogens (tertiary/aromatic N) is 2. The van der Waals surface area contributed by atoms with Gasteiger partial charge in [-0.25, -0.2) is 12.8 Å². The molecule has 0 aromatic heterocycles. The van der Waals surface area contributed by atoms with Crippen LogP contribution in [-0.2, 0) is 10.0 Å². The highest BCUT2D eigenvalue weighted by Gasteiger charge is 2.19. The summed E-state index contributed by atoms with van der Waals surface area (Å²) in [5, 5.41) is 0. The number of piperazine rings is 1. The molecule has 7 heteroatoms. The highest BCUT2D eigenvalue weighted by molar-refractivity contribution is 7.92. The highest BCUT2D eigenvalue weighted by atomic mass is 32.2. The average molecular weight is 392 g/mol. The van der Waals surface area contributed by atoms with Gasteiger partial charge in [0.05, 0.1) is 11.4 Å². The van der Waals surface area contributed by atoms with Gasteiger partial charge in [-0.2, -0.15) is 0 Å². The normalized spacial score (nSPS) is 15.0. The van der Waals surface area contributed by atoms with E-state index < -0.39 is 10.0 Å². The van der Waals surface area contributed by atoms with Crippen LogP contribution in [0, 0.1) is 5.82 Å². The predicted octanol–water partition coefficient (Wildman–Crippen LogP) is 3.69. The second-order valence-corrected chi connectivity index (χ2v) is 8.59. The first-order valence-electron chi connectivity index (χ1n) is 9.33. The minimum absolute atomic E-state index is 0.142. The van der Waals surface area contributed by atoms with E-state index in [-0.39, 0.29) is 11.6 Å². The number of unbranched alkanes of at least 4 members (excludes halogenated alkanes) is 1. The smallest absolute Gasteiger partial charge is 0.232 e. The molecule has 1 heterocycles.